The fraction of sp³-hybridized carbons (Fsp3) is 0.333. The molecule has 0 amide bonds. The molecule has 1 unspecified atom stereocenters. The van der Waals surface area contributed by atoms with Gasteiger partial charge >= 0.3 is 0 Å². The smallest absolute Gasteiger partial charge is 0.151 e. The molecule has 0 radical (unpaired) electrons. The van der Waals surface area contributed by atoms with Crippen LogP contribution in [-0.2, 0) is 0 Å². The molecule has 1 aliphatic rings. The van der Waals surface area contributed by atoms with Gasteiger partial charge in [-0.1, -0.05) is 6.92 Å². The molecule has 4 rings (SSSR count). The number of piperazine rings is 1. The Labute approximate surface area is 175 Å². The molecule has 3 aromatic heterocycles. The maximum atomic E-state index is 10.3. The van der Waals surface area contributed by atoms with Crippen molar-refractivity contribution in [1.82, 2.24) is 30.7 Å². The summed E-state index contributed by atoms with van der Waals surface area (Å²) in [5.41, 5.74) is 2.62. The monoisotopic (exact) mass is 423 g/mol. The molecule has 0 bridgehead atoms. The Morgan fingerprint density at radius 2 is 2.04 bits per heavy atom. The van der Waals surface area contributed by atoms with Crippen LogP contribution in [0.25, 0.3) is 22.5 Å². The SMILES string of the molecule is CCC1CN(c2ccc(-c3ncc(-c4cn[nH]c4)cc3O)nn2)CCN1.Cl.Cl. The highest BCUT2D eigenvalue weighted by atomic mass is 35.5. The van der Waals surface area contributed by atoms with Crippen molar-refractivity contribution in [3.8, 4) is 28.3 Å². The van der Waals surface area contributed by atoms with Crippen LogP contribution in [0.5, 0.6) is 5.75 Å². The molecule has 4 heterocycles. The van der Waals surface area contributed by atoms with Crippen LogP contribution in [0.15, 0.2) is 36.8 Å². The molecular weight excluding hydrogens is 401 g/mol. The van der Waals surface area contributed by atoms with Gasteiger partial charge in [-0.3, -0.25) is 5.10 Å². The summed E-state index contributed by atoms with van der Waals surface area (Å²) in [4.78, 5) is 6.59. The number of aromatic hydroxyl groups is 1. The second kappa shape index (κ2) is 9.68. The summed E-state index contributed by atoms with van der Waals surface area (Å²) in [6.07, 6.45) is 6.21. The molecule has 0 spiro atoms. The number of pyridine rings is 1. The van der Waals surface area contributed by atoms with Crippen molar-refractivity contribution in [3.63, 3.8) is 0 Å². The number of anilines is 1. The molecule has 1 saturated heterocycles. The van der Waals surface area contributed by atoms with Crippen LogP contribution in [0, 0.1) is 0 Å². The molecular formula is C18H23Cl2N7O. The Morgan fingerprint density at radius 3 is 2.68 bits per heavy atom. The van der Waals surface area contributed by atoms with Crippen molar-refractivity contribution in [1.29, 1.82) is 0 Å². The zero-order chi connectivity index (χ0) is 17.9. The molecule has 1 atom stereocenters. The van der Waals surface area contributed by atoms with Crippen LogP contribution in [-0.4, -0.2) is 56.2 Å². The molecule has 10 heteroatoms. The van der Waals surface area contributed by atoms with E-state index in [-0.39, 0.29) is 30.6 Å². The largest absolute Gasteiger partial charge is 0.506 e. The molecule has 1 aliphatic heterocycles. The van der Waals surface area contributed by atoms with E-state index in [1.807, 2.05) is 12.1 Å². The van der Waals surface area contributed by atoms with Crippen LogP contribution in [0.2, 0.25) is 0 Å². The van der Waals surface area contributed by atoms with Gasteiger partial charge in [0.05, 0.1) is 6.20 Å². The highest BCUT2D eigenvalue weighted by Crippen LogP contribution is 2.30. The number of hydrogen-bond donors (Lipinski definition) is 3. The number of aromatic amines is 1. The first-order valence-electron chi connectivity index (χ1n) is 8.75. The molecule has 0 aliphatic carbocycles. The topological polar surface area (TPSA) is 103 Å². The minimum Gasteiger partial charge on any atom is -0.506 e. The van der Waals surface area contributed by atoms with Crippen molar-refractivity contribution in [2.45, 2.75) is 19.4 Å². The fourth-order valence-electron chi connectivity index (χ4n) is 3.14. The molecule has 0 saturated carbocycles. The minimum absolute atomic E-state index is 0. The fourth-order valence-corrected chi connectivity index (χ4v) is 3.14. The van der Waals surface area contributed by atoms with Crippen molar-refractivity contribution in [2.75, 3.05) is 24.5 Å². The van der Waals surface area contributed by atoms with E-state index in [4.69, 9.17) is 0 Å². The van der Waals surface area contributed by atoms with E-state index in [1.54, 1.807) is 24.7 Å². The first-order valence-corrected chi connectivity index (χ1v) is 8.75. The molecule has 150 valence electrons. The Hall–Kier alpha value is -2.42. The van der Waals surface area contributed by atoms with Gasteiger partial charge in [-0.15, -0.1) is 35.0 Å². The van der Waals surface area contributed by atoms with Gasteiger partial charge in [0.15, 0.2) is 5.82 Å². The number of nitrogens with one attached hydrogen (secondary N) is 2. The zero-order valence-electron chi connectivity index (χ0n) is 15.4. The third-order valence-corrected chi connectivity index (χ3v) is 4.66. The Bertz CT molecular complexity index is 874. The second-order valence-corrected chi connectivity index (χ2v) is 6.36. The quantitative estimate of drug-likeness (QED) is 0.592. The van der Waals surface area contributed by atoms with Gasteiger partial charge in [0.25, 0.3) is 0 Å². The summed E-state index contributed by atoms with van der Waals surface area (Å²) in [7, 11) is 0. The lowest BCUT2D eigenvalue weighted by molar-refractivity contribution is 0.444. The minimum atomic E-state index is 0. The Kier molecular flexibility index (Phi) is 7.56. The van der Waals surface area contributed by atoms with Gasteiger partial charge in [-0.05, 0) is 24.6 Å². The average molecular weight is 424 g/mol. The molecule has 8 nitrogen and oxygen atoms in total. The van der Waals surface area contributed by atoms with Crippen molar-refractivity contribution < 1.29 is 5.11 Å². The Balaban J connectivity index is 0.00000140. The summed E-state index contributed by atoms with van der Waals surface area (Å²) in [5, 5.41) is 29.1. The van der Waals surface area contributed by atoms with Crippen LogP contribution < -0.4 is 10.2 Å². The first kappa shape index (κ1) is 21.9. The van der Waals surface area contributed by atoms with E-state index in [0.29, 0.717) is 17.4 Å². The van der Waals surface area contributed by atoms with E-state index in [2.05, 4.69) is 42.5 Å². The zero-order valence-corrected chi connectivity index (χ0v) is 17.0. The van der Waals surface area contributed by atoms with E-state index in [9.17, 15) is 5.11 Å². The van der Waals surface area contributed by atoms with E-state index in [0.717, 1.165) is 43.0 Å². The third kappa shape index (κ3) is 4.52. The highest BCUT2D eigenvalue weighted by Gasteiger charge is 2.19. The molecule has 1 fully saturated rings. The maximum absolute atomic E-state index is 10.3. The van der Waals surface area contributed by atoms with E-state index >= 15 is 0 Å². The summed E-state index contributed by atoms with van der Waals surface area (Å²) in [5.74, 6) is 0.919. The van der Waals surface area contributed by atoms with Gasteiger partial charge in [0, 0.05) is 49.2 Å². The van der Waals surface area contributed by atoms with Gasteiger partial charge in [-0.2, -0.15) is 5.10 Å². The predicted molar refractivity (Wildman–Crippen MR) is 113 cm³/mol. The molecule has 0 aromatic carbocycles. The van der Waals surface area contributed by atoms with Crippen LogP contribution in [0.4, 0.5) is 5.82 Å². The molecule has 3 aromatic rings. The van der Waals surface area contributed by atoms with Crippen LogP contribution >= 0.6 is 24.8 Å². The van der Waals surface area contributed by atoms with Crippen molar-refractivity contribution in [2.24, 2.45) is 0 Å². The standard InChI is InChI=1S/C18H21N7O.2ClH/c1-2-14-11-25(6-5-19-14)17-4-3-15(23-24-17)18-16(26)7-12(8-20-18)13-9-21-22-10-13;;/h3-4,7-10,14,19,26H,2,5-6,11H2,1H3,(H,21,22);2*1H. The van der Waals surface area contributed by atoms with Gasteiger partial charge in [0.2, 0.25) is 0 Å². The lowest BCUT2D eigenvalue weighted by atomic mass is 10.1. The van der Waals surface area contributed by atoms with Gasteiger partial charge < -0.3 is 15.3 Å². The number of hydrogen-bond acceptors (Lipinski definition) is 7. The van der Waals surface area contributed by atoms with Crippen LogP contribution in [0.1, 0.15) is 13.3 Å². The summed E-state index contributed by atoms with van der Waals surface area (Å²) in [6.45, 7) is 4.96. The number of rotatable bonds is 4. The van der Waals surface area contributed by atoms with Crippen molar-refractivity contribution in [3.05, 3.63) is 36.8 Å². The number of halogens is 2. The predicted octanol–water partition coefficient (Wildman–Crippen LogP) is 2.67. The van der Waals surface area contributed by atoms with Crippen molar-refractivity contribution >= 4 is 30.6 Å². The number of H-pyrrole nitrogens is 1. The Morgan fingerprint density at radius 1 is 1.18 bits per heavy atom. The lowest BCUT2D eigenvalue weighted by Gasteiger charge is -2.33. The average Bonchev–Trinajstić information content (AvgIpc) is 3.23. The first-order chi connectivity index (χ1) is 12.7. The highest BCUT2D eigenvalue weighted by molar-refractivity contribution is 5.85. The summed E-state index contributed by atoms with van der Waals surface area (Å²) in [6, 6.07) is 5.92. The summed E-state index contributed by atoms with van der Waals surface area (Å²) < 4.78 is 0. The van der Waals surface area contributed by atoms with Gasteiger partial charge in [-0.25, -0.2) is 4.98 Å². The van der Waals surface area contributed by atoms with Crippen LogP contribution in [0.3, 0.4) is 0 Å². The number of aromatic nitrogens is 5. The lowest BCUT2D eigenvalue weighted by Crippen LogP contribution is -2.50. The van der Waals surface area contributed by atoms with E-state index < -0.39 is 0 Å². The normalized spacial score (nSPS) is 16.2. The second-order valence-electron chi connectivity index (χ2n) is 6.36. The molecule has 3 N–H and O–H groups in total. The number of nitrogens with zero attached hydrogens (tertiary/aromatic N) is 5. The van der Waals surface area contributed by atoms with E-state index in [1.165, 1.54) is 0 Å². The third-order valence-electron chi connectivity index (χ3n) is 4.66. The van der Waals surface area contributed by atoms with Gasteiger partial charge in [0.1, 0.15) is 17.1 Å². The molecule has 28 heavy (non-hydrogen) atoms. The maximum Gasteiger partial charge on any atom is 0.151 e. The summed E-state index contributed by atoms with van der Waals surface area (Å²) >= 11 is 0.